The molecule has 0 saturated carbocycles. The molecule has 41 heavy (non-hydrogen) atoms. The molecule has 0 aromatic heterocycles. The average Bonchev–Trinajstić information content (AvgIpc) is 3.07. The predicted molar refractivity (Wildman–Crippen MR) is 177 cm³/mol. The van der Waals surface area contributed by atoms with E-state index in [1.807, 2.05) is 146 Å². The molecule has 1 nitrogen and oxygen atoms in total. The first-order valence-electron chi connectivity index (χ1n) is 13.6. The molecule has 0 bridgehead atoms. The third-order valence-corrected chi connectivity index (χ3v) is 18.1. The molecule has 6 rings (SSSR count). The van der Waals surface area contributed by atoms with Gasteiger partial charge in [-0.25, -0.2) is 0 Å². The zero-order valence-electron chi connectivity index (χ0n) is 22.5. The van der Waals surface area contributed by atoms with Gasteiger partial charge in [0.05, 0.1) is 0 Å². The summed E-state index contributed by atoms with van der Waals surface area (Å²) < 4.78 is 20.1. The van der Waals surface area contributed by atoms with Crippen LogP contribution in [-0.4, -0.2) is 5.27 Å². The van der Waals surface area contributed by atoms with Crippen LogP contribution in [-0.2, 0) is 0 Å². The van der Waals surface area contributed by atoms with E-state index in [9.17, 15) is 0 Å². The number of benzene rings is 6. The molecule has 6 aromatic rings. The predicted octanol–water partition coefficient (Wildman–Crippen LogP) is 7.51. The van der Waals surface area contributed by atoms with Crippen molar-refractivity contribution in [2.75, 3.05) is 0 Å². The summed E-state index contributed by atoms with van der Waals surface area (Å²) in [7, 11) is -3.28. The Bertz CT molecular complexity index is 1550. The van der Waals surface area contributed by atoms with Crippen LogP contribution < -0.4 is 31.8 Å². The fourth-order valence-corrected chi connectivity index (χ4v) is 17.4. The number of hydrogen-bond acceptors (Lipinski definition) is 1. The zero-order chi connectivity index (χ0) is 28.2. The first-order valence-corrected chi connectivity index (χ1v) is 17.5. The molecule has 0 saturated heterocycles. The molecular formula is C37H30FOP2+. The van der Waals surface area contributed by atoms with E-state index >= 15 is 8.99 Å². The Labute approximate surface area is 241 Å². The SMILES string of the molecule is O=C([P+](c1ccccc1)(c1ccccc1)c1ccccc1)P(F)(c1ccccc1)(c1ccccc1)c1ccccc1. The Morgan fingerprint density at radius 1 is 0.390 bits per heavy atom. The maximum absolute atomic E-state index is 20.1. The third kappa shape index (κ3) is 4.10. The normalized spacial score (nSPS) is 12.7. The molecule has 0 radical (unpaired) electrons. The van der Waals surface area contributed by atoms with Gasteiger partial charge in [0.15, 0.2) is 0 Å². The first-order chi connectivity index (χ1) is 20.1. The summed E-state index contributed by atoms with van der Waals surface area (Å²) in [5.41, 5.74) is 0. The molecule has 0 aliphatic heterocycles. The summed E-state index contributed by atoms with van der Waals surface area (Å²) in [5, 5.41) is 3.36. The van der Waals surface area contributed by atoms with Crippen LogP contribution in [0.25, 0.3) is 0 Å². The van der Waals surface area contributed by atoms with E-state index in [-0.39, 0.29) is 5.27 Å². The second-order valence-corrected chi connectivity index (χ2v) is 17.6. The Hall–Kier alpha value is -4.22. The average molecular weight is 572 g/mol. The fraction of sp³-hybridized carbons (Fsp3) is 0. The third-order valence-electron chi connectivity index (χ3n) is 7.80. The monoisotopic (exact) mass is 571 g/mol. The number of halogens is 1. The molecule has 0 heterocycles. The summed E-state index contributed by atoms with van der Waals surface area (Å²) in [6, 6.07) is 56.9. The van der Waals surface area contributed by atoms with Gasteiger partial charge in [0.25, 0.3) is 0 Å². The van der Waals surface area contributed by atoms with Crippen LogP contribution >= 0.6 is 14.2 Å². The van der Waals surface area contributed by atoms with E-state index < -0.39 is 14.2 Å². The van der Waals surface area contributed by atoms with Gasteiger partial charge in [-0.3, -0.25) is 0 Å². The van der Waals surface area contributed by atoms with Gasteiger partial charge in [0, 0.05) is 0 Å². The van der Waals surface area contributed by atoms with Crippen LogP contribution in [0, 0.1) is 0 Å². The van der Waals surface area contributed by atoms with Crippen molar-refractivity contribution >= 4 is 51.3 Å². The van der Waals surface area contributed by atoms with E-state index in [1.165, 1.54) is 0 Å². The van der Waals surface area contributed by atoms with Crippen molar-refractivity contribution in [3.63, 3.8) is 0 Å². The van der Waals surface area contributed by atoms with Crippen LogP contribution in [0.3, 0.4) is 0 Å². The van der Waals surface area contributed by atoms with Gasteiger partial charge in [0.2, 0.25) is 0 Å². The molecule has 0 atom stereocenters. The second kappa shape index (κ2) is 11.0. The van der Waals surface area contributed by atoms with Gasteiger partial charge < -0.3 is 0 Å². The molecule has 6 aromatic carbocycles. The van der Waals surface area contributed by atoms with E-state index in [4.69, 9.17) is 0 Å². The summed E-state index contributed by atoms with van der Waals surface area (Å²) >= 11 is 0. The van der Waals surface area contributed by atoms with Crippen molar-refractivity contribution in [3.8, 4) is 0 Å². The molecule has 0 spiro atoms. The number of rotatable bonds is 8. The van der Waals surface area contributed by atoms with Gasteiger partial charge in [-0.15, -0.1) is 0 Å². The minimum atomic E-state index is -5.34. The van der Waals surface area contributed by atoms with E-state index in [2.05, 4.69) is 0 Å². The molecule has 0 fully saturated rings. The molecule has 200 valence electrons. The molecule has 0 amide bonds. The fourth-order valence-electron chi connectivity index (χ4n) is 5.92. The second-order valence-electron chi connectivity index (χ2n) is 9.98. The summed E-state index contributed by atoms with van der Waals surface area (Å²) in [6.07, 6.45) is 0. The van der Waals surface area contributed by atoms with Crippen molar-refractivity contribution in [2.24, 2.45) is 0 Å². The van der Waals surface area contributed by atoms with Gasteiger partial charge >= 0.3 is 242 Å². The topological polar surface area (TPSA) is 17.1 Å². The summed E-state index contributed by atoms with van der Waals surface area (Å²) in [6.45, 7) is -5.34. The van der Waals surface area contributed by atoms with Crippen molar-refractivity contribution in [1.82, 2.24) is 0 Å². The number of carbonyl (C=O) groups excluding carboxylic acids is 1. The number of carbonyl (C=O) groups is 1. The van der Waals surface area contributed by atoms with Crippen LogP contribution in [0.2, 0.25) is 0 Å². The molecule has 0 aliphatic carbocycles. The van der Waals surface area contributed by atoms with Gasteiger partial charge in [-0.2, -0.15) is 0 Å². The summed E-state index contributed by atoms with van der Waals surface area (Å²) in [4.78, 5) is 16.3. The molecule has 0 unspecified atom stereocenters. The van der Waals surface area contributed by atoms with Gasteiger partial charge in [-0.1, -0.05) is 0 Å². The molecule has 4 heteroatoms. The van der Waals surface area contributed by atoms with Crippen molar-refractivity contribution in [1.29, 1.82) is 0 Å². The Morgan fingerprint density at radius 2 is 0.610 bits per heavy atom. The van der Waals surface area contributed by atoms with Crippen molar-refractivity contribution in [2.45, 2.75) is 0 Å². The van der Waals surface area contributed by atoms with E-state index in [0.29, 0.717) is 15.9 Å². The Kier molecular flexibility index (Phi) is 7.22. The minimum absolute atomic E-state index is 0.365. The maximum atomic E-state index is 20.1. The quantitative estimate of drug-likeness (QED) is 0.173. The zero-order valence-corrected chi connectivity index (χ0v) is 24.3. The van der Waals surface area contributed by atoms with Crippen molar-refractivity contribution in [3.05, 3.63) is 182 Å². The Morgan fingerprint density at radius 3 is 0.854 bits per heavy atom. The van der Waals surface area contributed by atoms with Gasteiger partial charge in [0.1, 0.15) is 0 Å². The Balaban J connectivity index is 1.87. The van der Waals surface area contributed by atoms with Crippen LogP contribution in [0.4, 0.5) is 8.99 Å². The first kappa shape index (κ1) is 27.0. The van der Waals surface area contributed by atoms with Gasteiger partial charge in [-0.05, 0) is 0 Å². The van der Waals surface area contributed by atoms with E-state index in [1.54, 1.807) is 36.4 Å². The van der Waals surface area contributed by atoms with E-state index in [0.717, 1.165) is 15.9 Å². The standard InChI is InChI=1S/C37H30FOP2/c38-41(34-25-13-4-14-26-34,35-27-15-5-16-28-35,36-29-17-6-18-30-36)37(39)40(31-19-7-1-8-20-31,32-21-9-2-10-22-32)33-23-11-3-12-24-33/h1-30H/q+1. The number of hydrogen-bond donors (Lipinski definition) is 0. The molecule has 0 N–H and O–H groups in total. The van der Waals surface area contributed by atoms with Crippen LogP contribution in [0.15, 0.2) is 182 Å². The molecular weight excluding hydrogens is 541 g/mol. The van der Waals surface area contributed by atoms with Crippen LogP contribution in [0.1, 0.15) is 0 Å². The molecule has 0 aliphatic rings. The van der Waals surface area contributed by atoms with Crippen LogP contribution in [0.5, 0.6) is 0 Å². The van der Waals surface area contributed by atoms with Crippen molar-refractivity contribution < 1.29 is 8.99 Å². The summed E-state index contributed by atoms with van der Waals surface area (Å²) in [5.74, 6) is 0.